The lowest BCUT2D eigenvalue weighted by atomic mass is 10.1. The Morgan fingerprint density at radius 3 is 2.59 bits per heavy atom. The van der Waals surface area contributed by atoms with E-state index in [0.29, 0.717) is 0 Å². The summed E-state index contributed by atoms with van der Waals surface area (Å²) < 4.78 is 0. The van der Waals surface area contributed by atoms with Gasteiger partial charge in [0.05, 0.1) is 12.7 Å². The summed E-state index contributed by atoms with van der Waals surface area (Å²) >= 11 is 0. The van der Waals surface area contributed by atoms with E-state index in [9.17, 15) is 0 Å². The average molecular weight is 301 g/mol. The summed E-state index contributed by atoms with van der Waals surface area (Å²) in [6, 6.07) is 6.30. The van der Waals surface area contributed by atoms with Crippen LogP contribution in [0.15, 0.2) is 47.7 Å². The molecule has 1 aromatic heterocycles. The molecule has 1 saturated heterocycles. The van der Waals surface area contributed by atoms with Gasteiger partial charge in [0.25, 0.3) is 5.82 Å². The van der Waals surface area contributed by atoms with Crippen LogP contribution in [0.1, 0.15) is 33.6 Å². The van der Waals surface area contributed by atoms with Gasteiger partial charge in [-0.05, 0) is 45.8 Å². The van der Waals surface area contributed by atoms with E-state index >= 15 is 0 Å². The number of piperazine rings is 1. The van der Waals surface area contributed by atoms with Crippen molar-refractivity contribution in [3.05, 3.63) is 47.7 Å². The van der Waals surface area contributed by atoms with Gasteiger partial charge in [-0.2, -0.15) is 0 Å². The smallest absolute Gasteiger partial charge is 0.274 e. The number of quaternary nitrogens is 1. The summed E-state index contributed by atoms with van der Waals surface area (Å²) in [6.07, 6.45) is 9.16. The zero-order valence-corrected chi connectivity index (χ0v) is 14.4. The number of hydrogen-bond donors (Lipinski definition) is 1. The molecule has 0 saturated carbocycles. The third kappa shape index (κ3) is 5.64. The van der Waals surface area contributed by atoms with E-state index in [-0.39, 0.29) is 0 Å². The van der Waals surface area contributed by atoms with E-state index in [4.69, 9.17) is 0 Å². The van der Waals surface area contributed by atoms with Gasteiger partial charge in [-0.15, -0.1) is 0 Å². The van der Waals surface area contributed by atoms with Gasteiger partial charge >= 0.3 is 0 Å². The Morgan fingerprint density at radius 2 is 1.95 bits per heavy atom. The lowest BCUT2D eigenvalue weighted by Crippen LogP contribution is -3.14. The van der Waals surface area contributed by atoms with Gasteiger partial charge in [0.2, 0.25) is 0 Å². The second-order valence-electron chi connectivity index (χ2n) is 6.56. The molecule has 0 amide bonds. The fraction of sp³-hybridized carbons (Fsp3) is 0.526. The summed E-state index contributed by atoms with van der Waals surface area (Å²) in [5.41, 5.74) is 2.95. The lowest BCUT2D eigenvalue weighted by molar-refractivity contribution is -0.894. The molecule has 0 spiro atoms. The second kappa shape index (κ2) is 8.74. The molecule has 0 aliphatic carbocycles. The molecule has 3 heteroatoms. The topological polar surface area (TPSA) is 21.8 Å². The number of aromatic amines is 1. The van der Waals surface area contributed by atoms with E-state index in [1.165, 1.54) is 49.4 Å². The summed E-state index contributed by atoms with van der Waals surface area (Å²) in [5, 5.41) is 0. The Morgan fingerprint density at radius 1 is 1.18 bits per heavy atom. The zero-order valence-electron chi connectivity index (χ0n) is 14.4. The molecular formula is C19H31N3+2. The van der Waals surface area contributed by atoms with Crippen LogP contribution in [-0.2, 0) is 0 Å². The van der Waals surface area contributed by atoms with Crippen molar-refractivity contribution < 1.29 is 9.88 Å². The number of nitrogens with zero attached hydrogens (tertiary/aromatic N) is 1. The molecule has 1 aromatic rings. The van der Waals surface area contributed by atoms with Gasteiger partial charge in [-0.3, -0.25) is 4.90 Å². The average Bonchev–Trinajstić information content (AvgIpc) is 2.54. The predicted molar refractivity (Wildman–Crippen MR) is 93.2 cm³/mol. The maximum Gasteiger partial charge on any atom is 0.274 e. The quantitative estimate of drug-likeness (QED) is 0.797. The van der Waals surface area contributed by atoms with Crippen LogP contribution >= 0.6 is 0 Å². The maximum absolute atomic E-state index is 3.33. The largest absolute Gasteiger partial charge is 0.325 e. The fourth-order valence-corrected chi connectivity index (χ4v) is 2.86. The highest BCUT2D eigenvalue weighted by Crippen LogP contribution is 2.06. The lowest BCUT2D eigenvalue weighted by Gasteiger charge is -2.27. The number of anilines is 1. The minimum Gasteiger partial charge on any atom is -0.325 e. The Labute approximate surface area is 135 Å². The van der Waals surface area contributed by atoms with Crippen molar-refractivity contribution >= 4 is 5.82 Å². The Kier molecular flexibility index (Phi) is 6.66. The molecule has 22 heavy (non-hydrogen) atoms. The number of aromatic nitrogens is 1. The van der Waals surface area contributed by atoms with Gasteiger partial charge in [0.15, 0.2) is 0 Å². The van der Waals surface area contributed by atoms with Gasteiger partial charge in [0, 0.05) is 6.07 Å². The van der Waals surface area contributed by atoms with E-state index in [1.807, 2.05) is 12.3 Å². The highest BCUT2D eigenvalue weighted by Gasteiger charge is 2.24. The molecule has 120 valence electrons. The first-order valence-corrected chi connectivity index (χ1v) is 8.49. The SMILES string of the molecule is CC(C)=CCC/C(C)=C/C[NH+]1CCN(c2cccc[nH+]2)CC1. The molecule has 2 heterocycles. The Bertz CT molecular complexity index is 493. The second-order valence-corrected chi connectivity index (χ2v) is 6.56. The molecule has 0 unspecified atom stereocenters. The molecule has 0 atom stereocenters. The summed E-state index contributed by atoms with van der Waals surface area (Å²) in [5.74, 6) is 1.25. The molecule has 0 bridgehead atoms. The number of rotatable bonds is 6. The fourth-order valence-electron chi connectivity index (χ4n) is 2.86. The first-order chi connectivity index (χ1) is 10.6. The standard InChI is InChI=1S/C19H29N3/c1-17(2)7-6-8-18(3)10-12-21-13-15-22(16-14-21)19-9-4-5-11-20-19/h4-5,7,9-11H,6,8,12-16H2,1-3H3/p+2/b18-10+. The van der Waals surface area contributed by atoms with Gasteiger partial charge in [-0.25, -0.2) is 4.98 Å². The van der Waals surface area contributed by atoms with Crippen LogP contribution in [0.4, 0.5) is 5.82 Å². The third-order valence-electron chi connectivity index (χ3n) is 4.33. The van der Waals surface area contributed by atoms with E-state index in [2.05, 4.69) is 54.9 Å². The van der Waals surface area contributed by atoms with Crippen molar-refractivity contribution in [3.8, 4) is 0 Å². The molecule has 2 rings (SSSR count). The molecule has 1 aliphatic rings. The monoisotopic (exact) mass is 301 g/mol. The molecule has 1 fully saturated rings. The van der Waals surface area contributed by atoms with Gasteiger partial charge < -0.3 is 4.90 Å². The third-order valence-corrected chi connectivity index (χ3v) is 4.33. The predicted octanol–water partition coefficient (Wildman–Crippen LogP) is 1.90. The minimum atomic E-state index is 1.14. The molecule has 2 N–H and O–H groups in total. The molecular weight excluding hydrogens is 270 g/mol. The number of hydrogen-bond acceptors (Lipinski definition) is 1. The van der Waals surface area contributed by atoms with Crippen LogP contribution in [0.2, 0.25) is 0 Å². The van der Waals surface area contributed by atoms with Gasteiger partial charge in [-0.1, -0.05) is 23.3 Å². The number of pyridine rings is 1. The number of H-pyrrole nitrogens is 1. The van der Waals surface area contributed by atoms with Crippen LogP contribution in [-0.4, -0.2) is 32.7 Å². The number of allylic oxidation sites excluding steroid dienone is 3. The first-order valence-electron chi connectivity index (χ1n) is 8.49. The van der Waals surface area contributed by atoms with Crippen LogP contribution in [0.5, 0.6) is 0 Å². The van der Waals surface area contributed by atoms with E-state index in [1.54, 1.807) is 4.90 Å². The van der Waals surface area contributed by atoms with Crippen LogP contribution in [0.3, 0.4) is 0 Å². The van der Waals surface area contributed by atoms with Crippen molar-refractivity contribution in [1.29, 1.82) is 0 Å². The summed E-state index contributed by atoms with van der Waals surface area (Å²) in [7, 11) is 0. The van der Waals surface area contributed by atoms with Gasteiger partial charge in [0.1, 0.15) is 26.2 Å². The van der Waals surface area contributed by atoms with Crippen LogP contribution in [0.25, 0.3) is 0 Å². The Hall–Kier alpha value is -1.61. The molecule has 3 nitrogen and oxygen atoms in total. The van der Waals surface area contributed by atoms with Crippen molar-refractivity contribution in [2.45, 2.75) is 33.6 Å². The normalized spacial score (nSPS) is 16.7. The zero-order chi connectivity index (χ0) is 15.8. The van der Waals surface area contributed by atoms with Crippen molar-refractivity contribution in [2.24, 2.45) is 0 Å². The molecule has 0 radical (unpaired) electrons. The Balaban J connectivity index is 1.72. The highest BCUT2D eigenvalue weighted by molar-refractivity contribution is 5.31. The summed E-state index contributed by atoms with van der Waals surface area (Å²) in [4.78, 5) is 7.49. The van der Waals surface area contributed by atoms with Crippen molar-refractivity contribution in [1.82, 2.24) is 0 Å². The first kappa shape index (κ1) is 16.8. The molecule has 1 aliphatic heterocycles. The summed E-state index contributed by atoms with van der Waals surface area (Å²) in [6.45, 7) is 12.5. The van der Waals surface area contributed by atoms with E-state index < -0.39 is 0 Å². The maximum atomic E-state index is 3.33. The highest BCUT2D eigenvalue weighted by atomic mass is 15.3. The van der Waals surface area contributed by atoms with E-state index in [0.717, 1.165) is 13.1 Å². The molecule has 0 aromatic carbocycles. The number of nitrogens with one attached hydrogen (secondary N) is 2. The van der Waals surface area contributed by atoms with Crippen LogP contribution in [0, 0.1) is 0 Å². The van der Waals surface area contributed by atoms with Crippen LogP contribution < -0.4 is 14.8 Å². The van der Waals surface area contributed by atoms with Crippen molar-refractivity contribution in [2.75, 3.05) is 37.6 Å². The van der Waals surface area contributed by atoms with Crippen molar-refractivity contribution in [3.63, 3.8) is 0 Å². The minimum absolute atomic E-state index is 1.14.